The highest BCUT2D eigenvalue weighted by atomic mass is 32.2. The first-order valence-electron chi connectivity index (χ1n) is 9.66. The van der Waals surface area contributed by atoms with E-state index in [0.29, 0.717) is 19.5 Å². The van der Waals surface area contributed by atoms with E-state index in [4.69, 9.17) is 9.47 Å². The Morgan fingerprint density at radius 2 is 2.00 bits per heavy atom. The largest absolute Gasteiger partial charge is 0.497 e. The number of carbonyl (C=O) groups excluding carboxylic acids is 1. The van der Waals surface area contributed by atoms with Gasteiger partial charge in [-0.25, -0.2) is 12.8 Å². The fraction of sp³-hybridized carbons (Fsp3) is 0.381. The highest BCUT2D eigenvalue weighted by Crippen LogP contribution is 2.25. The Hall–Kier alpha value is -2.65. The molecule has 3 rings (SSSR count). The van der Waals surface area contributed by atoms with E-state index >= 15 is 0 Å². The SMILES string of the molecule is COc1ccc2c(c1)CCN(S(=O)(=O)CCCNC(=O)COc1ccccc1F)C2. The number of halogens is 1. The summed E-state index contributed by atoms with van der Waals surface area (Å²) >= 11 is 0. The third kappa shape index (κ3) is 5.70. The lowest BCUT2D eigenvalue weighted by molar-refractivity contribution is -0.123. The van der Waals surface area contributed by atoms with Crippen molar-refractivity contribution in [2.45, 2.75) is 19.4 Å². The molecule has 0 saturated heterocycles. The Morgan fingerprint density at radius 3 is 2.77 bits per heavy atom. The molecule has 1 amide bonds. The maximum Gasteiger partial charge on any atom is 0.257 e. The monoisotopic (exact) mass is 436 g/mol. The maximum atomic E-state index is 13.5. The predicted molar refractivity (Wildman–Crippen MR) is 110 cm³/mol. The van der Waals surface area contributed by atoms with Crippen molar-refractivity contribution in [2.24, 2.45) is 0 Å². The molecule has 1 N–H and O–H groups in total. The molecule has 2 aromatic carbocycles. The van der Waals surface area contributed by atoms with E-state index in [0.717, 1.165) is 16.9 Å². The summed E-state index contributed by atoms with van der Waals surface area (Å²) < 4.78 is 50.5. The number of hydrogen-bond acceptors (Lipinski definition) is 5. The Balaban J connectivity index is 1.42. The van der Waals surface area contributed by atoms with Crippen LogP contribution in [-0.4, -0.2) is 51.2 Å². The van der Waals surface area contributed by atoms with Crippen LogP contribution in [0.25, 0.3) is 0 Å². The zero-order valence-electron chi connectivity index (χ0n) is 16.8. The Kier molecular flexibility index (Phi) is 7.28. The third-order valence-corrected chi connectivity index (χ3v) is 6.78. The minimum absolute atomic E-state index is 0.00164. The van der Waals surface area contributed by atoms with Gasteiger partial charge in [0.1, 0.15) is 5.75 Å². The van der Waals surface area contributed by atoms with Gasteiger partial charge in [0.2, 0.25) is 10.0 Å². The molecule has 0 radical (unpaired) electrons. The Bertz CT molecular complexity index is 997. The molecule has 1 aliphatic heterocycles. The van der Waals surface area contributed by atoms with Gasteiger partial charge in [0.05, 0.1) is 12.9 Å². The quantitative estimate of drug-likeness (QED) is 0.609. The molecule has 0 bridgehead atoms. The zero-order chi connectivity index (χ0) is 21.6. The number of benzene rings is 2. The van der Waals surface area contributed by atoms with Gasteiger partial charge in [0.25, 0.3) is 5.91 Å². The normalized spacial score (nSPS) is 14.1. The number of fused-ring (bicyclic) bond motifs is 1. The zero-order valence-corrected chi connectivity index (χ0v) is 17.6. The second-order valence-electron chi connectivity index (χ2n) is 6.96. The average molecular weight is 437 g/mol. The number of sulfonamides is 1. The van der Waals surface area contributed by atoms with E-state index in [2.05, 4.69) is 5.32 Å². The summed E-state index contributed by atoms with van der Waals surface area (Å²) in [7, 11) is -1.83. The topological polar surface area (TPSA) is 84.9 Å². The van der Waals surface area contributed by atoms with E-state index in [1.807, 2.05) is 18.2 Å². The molecule has 0 spiro atoms. The van der Waals surface area contributed by atoms with Gasteiger partial charge in [0, 0.05) is 19.6 Å². The molecule has 0 fully saturated rings. The molecule has 7 nitrogen and oxygen atoms in total. The summed E-state index contributed by atoms with van der Waals surface area (Å²) in [5.74, 6) is -0.278. The molecular weight excluding hydrogens is 411 g/mol. The summed E-state index contributed by atoms with van der Waals surface area (Å²) in [5.41, 5.74) is 2.08. The van der Waals surface area contributed by atoms with Crippen LogP contribution in [0.15, 0.2) is 42.5 Å². The molecule has 0 saturated carbocycles. The van der Waals surface area contributed by atoms with Crippen LogP contribution in [0.5, 0.6) is 11.5 Å². The summed E-state index contributed by atoms with van der Waals surface area (Å²) in [5, 5.41) is 2.59. The van der Waals surface area contributed by atoms with Crippen molar-refractivity contribution in [3.63, 3.8) is 0 Å². The van der Waals surface area contributed by atoms with Crippen molar-refractivity contribution in [3.8, 4) is 11.5 Å². The molecule has 1 aliphatic rings. The molecule has 162 valence electrons. The highest BCUT2D eigenvalue weighted by molar-refractivity contribution is 7.89. The van der Waals surface area contributed by atoms with Crippen LogP contribution in [0, 0.1) is 5.82 Å². The maximum absolute atomic E-state index is 13.5. The Morgan fingerprint density at radius 1 is 1.20 bits per heavy atom. The lowest BCUT2D eigenvalue weighted by atomic mass is 10.0. The number of methoxy groups -OCH3 is 1. The van der Waals surface area contributed by atoms with Gasteiger partial charge >= 0.3 is 0 Å². The van der Waals surface area contributed by atoms with Crippen LogP contribution < -0.4 is 14.8 Å². The van der Waals surface area contributed by atoms with Crippen LogP contribution in [0.2, 0.25) is 0 Å². The van der Waals surface area contributed by atoms with Crippen LogP contribution >= 0.6 is 0 Å². The van der Waals surface area contributed by atoms with Crippen LogP contribution in [0.1, 0.15) is 17.5 Å². The van der Waals surface area contributed by atoms with Gasteiger partial charge in [-0.15, -0.1) is 0 Å². The minimum atomic E-state index is -3.43. The molecule has 0 unspecified atom stereocenters. The van der Waals surface area contributed by atoms with E-state index in [1.54, 1.807) is 13.2 Å². The second-order valence-corrected chi connectivity index (χ2v) is 9.05. The standard InChI is InChI=1S/C21H25FN2O5S/c1-28-18-8-7-17-14-24(11-9-16(17)13-18)30(26,27)12-4-10-23-21(25)15-29-20-6-3-2-5-19(20)22/h2-3,5-8,13H,4,9-12,14-15H2,1H3,(H,23,25). The van der Waals surface area contributed by atoms with E-state index in [1.165, 1.54) is 22.5 Å². The first-order valence-corrected chi connectivity index (χ1v) is 11.3. The number of carbonyl (C=O) groups is 1. The van der Waals surface area contributed by atoms with Crippen molar-refractivity contribution in [1.29, 1.82) is 0 Å². The third-order valence-electron chi connectivity index (χ3n) is 4.88. The number of nitrogens with zero attached hydrogens (tertiary/aromatic N) is 1. The van der Waals surface area contributed by atoms with Gasteiger partial charge in [0.15, 0.2) is 18.2 Å². The lowest BCUT2D eigenvalue weighted by Crippen LogP contribution is -2.38. The lowest BCUT2D eigenvalue weighted by Gasteiger charge is -2.28. The van der Waals surface area contributed by atoms with Gasteiger partial charge in [-0.1, -0.05) is 18.2 Å². The predicted octanol–water partition coefficient (Wildman–Crippen LogP) is 2.11. The summed E-state index contributed by atoms with van der Waals surface area (Å²) in [4.78, 5) is 11.8. The van der Waals surface area contributed by atoms with Crippen molar-refractivity contribution in [3.05, 3.63) is 59.4 Å². The summed E-state index contributed by atoms with van der Waals surface area (Å²) in [6.45, 7) is 0.621. The van der Waals surface area contributed by atoms with Gasteiger partial charge < -0.3 is 14.8 Å². The van der Waals surface area contributed by atoms with Gasteiger partial charge in [-0.05, 0) is 48.2 Å². The summed E-state index contributed by atoms with van der Waals surface area (Å²) in [6.07, 6.45) is 0.912. The molecule has 30 heavy (non-hydrogen) atoms. The Labute approximate surface area is 175 Å². The van der Waals surface area contributed by atoms with E-state index < -0.39 is 21.7 Å². The molecule has 1 heterocycles. The number of nitrogens with one attached hydrogen (secondary N) is 1. The summed E-state index contributed by atoms with van der Waals surface area (Å²) in [6, 6.07) is 11.5. The van der Waals surface area contributed by atoms with Crippen molar-refractivity contribution < 1.29 is 27.1 Å². The fourth-order valence-corrected chi connectivity index (χ4v) is 4.71. The molecule has 2 aromatic rings. The van der Waals surface area contributed by atoms with Crippen molar-refractivity contribution in [1.82, 2.24) is 9.62 Å². The van der Waals surface area contributed by atoms with E-state index in [-0.39, 0.29) is 31.1 Å². The fourth-order valence-electron chi connectivity index (χ4n) is 3.24. The van der Waals surface area contributed by atoms with Gasteiger partial charge in [-0.2, -0.15) is 4.31 Å². The van der Waals surface area contributed by atoms with Crippen molar-refractivity contribution in [2.75, 3.05) is 32.6 Å². The number of hydrogen-bond donors (Lipinski definition) is 1. The number of ether oxygens (including phenoxy) is 2. The first kappa shape index (κ1) is 22.0. The van der Waals surface area contributed by atoms with E-state index in [9.17, 15) is 17.6 Å². The van der Waals surface area contributed by atoms with Crippen molar-refractivity contribution >= 4 is 15.9 Å². The van der Waals surface area contributed by atoms with Crippen LogP contribution in [0.3, 0.4) is 0 Å². The number of rotatable bonds is 9. The smallest absolute Gasteiger partial charge is 0.257 e. The highest BCUT2D eigenvalue weighted by Gasteiger charge is 2.26. The molecule has 0 atom stereocenters. The first-order chi connectivity index (χ1) is 14.4. The number of amides is 1. The van der Waals surface area contributed by atoms with Crippen LogP contribution in [0.4, 0.5) is 4.39 Å². The molecular formula is C21H25FN2O5S. The molecule has 9 heteroatoms. The molecule has 0 aromatic heterocycles. The number of para-hydroxylation sites is 1. The average Bonchev–Trinajstić information content (AvgIpc) is 2.75. The van der Waals surface area contributed by atoms with Crippen LogP contribution in [-0.2, 0) is 27.8 Å². The molecule has 0 aliphatic carbocycles. The minimum Gasteiger partial charge on any atom is -0.497 e. The van der Waals surface area contributed by atoms with Gasteiger partial charge in [-0.3, -0.25) is 4.79 Å². The second kappa shape index (κ2) is 9.90.